The number of ether oxygens (including phenoxy) is 1. The van der Waals surface area contributed by atoms with Crippen LogP contribution in [-0.2, 0) is 0 Å². The number of rotatable bonds is 4. The van der Waals surface area contributed by atoms with Gasteiger partial charge >= 0.3 is 0 Å². The molecule has 0 radical (unpaired) electrons. The second kappa shape index (κ2) is 6.26. The average molecular weight is 286 g/mol. The van der Waals surface area contributed by atoms with Crippen molar-refractivity contribution in [3.05, 3.63) is 24.3 Å². The highest BCUT2D eigenvalue weighted by molar-refractivity contribution is 5.77. The lowest BCUT2D eigenvalue weighted by atomic mass is 9.98. The highest BCUT2D eigenvalue weighted by atomic mass is 16.5. The fraction of sp³-hybridized carbons (Fsp3) is 0.500. The summed E-state index contributed by atoms with van der Waals surface area (Å²) in [6.07, 6.45) is 2.33. The second-order valence-corrected chi connectivity index (χ2v) is 5.46. The third kappa shape index (κ3) is 2.93. The van der Waals surface area contributed by atoms with E-state index in [9.17, 15) is 0 Å². The Morgan fingerprint density at radius 3 is 2.76 bits per heavy atom. The largest absolute Gasteiger partial charge is 0.475 e. The molecule has 1 aromatic carbocycles. The third-order valence-corrected chi connectivity index (χ3v) is 3.95. The van der Waals surface area contributed by atoms with E-state index in [4.69, 9.17) is 15.5 Å². The fourth-order valence-electron chi connectivity index (χ4n) is 2.86. The van der Waals surface area contributed by atoms with Gasteiger partial charge in [-0.05, 0) is 44.4 Å². The van der Waals surface area contributed by atoms with Crippen LogP contribution in [0.25, 0.3) is 11.0 Å². The van der Waals surface area contributed by atoms with E-state index in [2.05, 4.69) is 9.88 Å². The number of aromatic nitrogens is 2. The molecule has 0 saturated carbocycles. The van der Waals surface area contributed by atoms with Gasteiger partial charge in [0.2, 0.25) is 0 Å². The first-order chi connectivity index (χ1) is 10.3. The number of para-hydroxylation sites is 2. The summed E-state index contributed by atoms with van der Waals surface area (Å²) in [5, 5.41) is 0. The molecule has 1 saturated heterocycles. The van der Waals surface area contributed by atoms with Gasteiger partial charge in [0.05, 0.1) is 17.6 Å². The maximum absolute atomic E-state index is 5.84. The molecule has 112 valence electrons. The first-order valence-electron chi connectivity index (χ1n) is 7.66. The molecule has 1 aliphatic heterocycles. The molecule has 1 aromatic heterocycles. The predicted octanol–water partition coefficient (Wildman–Crippen LogP) is 2.20. The van der Waals surface area contributed by atoms with E-state index in [-0.39, 0.29) is 0 Å². The summed E-state index contributed by atoms with van der Waals surface area (Å²) >= 11 is 0. The number of benzene rings is 1. The second-order valence-electron chi connectivity index (χ2n) is 5.46. The molecule has 1 fully saturated rings. The van der Waals surface area contributed by atoms with Crippen LogP contribution in [0, 0.1) is 5.92 Å². The Kier molecular flexibility index (Phi) is 4.20. The molecule has 0 spiro atoms. The van der Waals surface area contributed by atoms with Crippen LogP contribution in [0.3, 0.4) is 0 Å². The minimum absolute atomic E-state index is 0.529. The molecule has 5 heteroatoms. The van der Waals surface area contributed by atoms with Crippen molar-refractivity contribution in [1.29, 1.82) is 0 Å². The smallest absolute Gasteiger partial charge is 0.258 e. The zero-order chi connectivity index (χ0) is 14.7. The average Bonchev–Trinajstić information content (AvgIpc) is 2.54. The van der Waals surface area contributed by atoms with Gasteiger partial charge in [0, 0.05) is 13.1 Å². The van der Waals surface area contributed by atoms with Gasteiger partial charge < -0.3 is 15.4 Å². The number of nitrogens with zero attached hydrogens (tertiary/aromatic N) is 3. The minimum Gasteiger partial charge on any atom is -0.475 e. The topological polar surface area (TPSA) is 64.3 Å². The Labute approximate surface area is 125 Å². The molecular formula is C16H22N4O. The van der Waals surface area contributed by atoms with Crippen LogP contribution < -0.4 is 15.4 Å². The van der Waals surface area contributed by atoms with Gasteiger partial charge in [-0.3, -0.25) is 0 Å². The summed E-state index contributed by atoms with van der Waals surface area (Å²) in [4.78, 5) is 11.7. The molecule has 21 heavy (non-hydrogen) atoms. The molecule has 2 N–H and O–H groups in total. The molecule has 0 unspecified atom stereocenters. The van der Waals surface area contributed by atoms with Gasteiger partial charge in [-0.1, -0.05) is 12.1 Å². The first-order valence-corrected chi connectivity index (χ1v) is 7.66. The van der Waals surface area contributed by atoms with Crippen molar-refractivity contribution >= 4 is 16.9 Å². The molecule has 0 aliphatic carbocycles. The van der Waals surface area contributed by atoms with Crippen LogP contribution in [0.2, 0.25) is 0 Å². The molecule has 0 amide bonds. The number of anilines is 1. The summed E-state index contributed by atoms with van der Waals surface area (Å²) < 4.78 is 5.72. The summed E-state index contributed by atoms with van der Waals surface area (Å²) in [5.74, 6) is 2.02. The third-order valence-electron chi connectivity index (χ3n) is 3.95. The Hall–Kier alpha value is -1.88. The molecule has 1 aliphatic rings. The lowest BCUT2D eigenvalue weighted by molar-refractivity contribution is 0.324. The van der Waals surface area contributed by atoms with Gasteiger partial charge in [-0.25, -0.2) is 9.97 Å². The number of hydrogen-bond donors (Lipinski definition) is 1. The maximum atomic E-state index is 5.84. The highest BCUT2D eigenvalue weighted by Crippen LogP contribution is 2.30. The van der Waals surface area contributed by atoms with Gasteiger partial charge in [0.15, 0.2) is 5.82 Å². The van der Waals surface area contributed by atoms with E-state index in [1.807, 2.05) is 31.2 Å². The number of hydrogen-bond acceptors (Lipinski definition) is 5. The zero-order valence-electron chi connectivity index (χ0n) is 12.5. The monoisotopic (exact) mass is 286 g/mol. The van der Waals surface area contributed by atoms with Crippen molar-refractivity contribution in [3.63, 3.8) is 0 Å². The Morgan fingerprint density at radius 2 is 2.05 bits per heavy atom. The predicted molar refractivity (Wildman–Crippen MR) is 84.7 cm³/mol. The lowest BCUT2D eigenvalue weighted by Crippen LogP contribution is -2.39. The van der Waals surface area contributed by atoms with E-state index >= 15 is 0 Å². The Morgan fingerprint density at radius 1 is 1.29 bits per heavy atom. The maximum Gasteiger partial charge on any atom is 0.258 e. The molecule has 5 nitrogen and oxygen atoms in total. The van der Waals surface area contributed by atoms with Crippen molar-refractivity contribution in [2.45, 2.75) is 19.8 Å². The number of fused-ring (bicyclic) bond motifs is 1. The van der Waals surface area contributed by atoms with E-state index < -0.39 is 0 Å². The Bertz CT molecular complexity index is 616. The SMILES string of the molecule is CCOc1nc2ccccc2nc1N1CCC[C@H](CN)C1. The summed E-state index contributed by atoms with van der Waals surface area (Å²) in [6, 6.07) is 7.91. The standard InChI is InChI=1S/C16H22N4O/c1-2-21-16-15(20-9-5-6-12(10-17)11-20)18-13-7-3-4-8-14(13)19-16/h3-4,7-8,12H,2,5-6,9-11,17H2,1H3/t12-/m1/s1. The van der Waals surface area contributed by atoms with E-state index in [1.165, 1.54) is 6.42 Å². The van der Waals surface area contributed by atoms with Crippen molar-refractivity contribution in [2.75, 3.05) is 31.1 Å². The van der Waals surface area contributed by atoms with Gasteiger partial charge in [0.25, 0.3) is 5.88 Å². The zero-order valence-corrected chi connectivity index (χ0v) is 12.5. The highest BCUT2D eigenvalue weighted by Gasteiger charge is 2.23. The molecule has 0 bridgehead atoms. The van der Waals surface area contributed by atoms with Crippen molar-refractivity contribution in [3.8, 4) is 5.88 Å². The van der Waals surface area contributed by atoms with Crippen LogP contribution in [0.5, 0.6) is 5.88 Å². The molecule has 1 atom stereocenters. The van der Waals surface area contributed by atoms with Gasteiger partial charge in [0.1, 0.15) is 0 Å². The van der Waals surface area contributed by atoms with Crippen LogP contribution in [-0.4, -0.2) is 36.2 Å². The molecule has 2 aromatic rings. The summed E-state index contributed by atoms with van der Waals surface area (Å²) in [6.45, 7) is 5.21. The lowest BCUT2D eigenvalue weighted by Gasteiger charge is -2.33. The number of piperidine rings is 1. The Balaban J connectivity index is 2.00. The normalized spacial score (nSPS) is 19.0. The molecular weight excluding hydrogens is 264 g/mol. The van der Waals surface area contributed by atoms with E-state index in [0.717, 1.165) is 42.9 Å². The molecule has 3 rings (SSSR count). The van der Waals surface area contributed by atoms with Crippen molar-refractivity contribution in [1.82, 2.24) is 9.97 Å². The van der Waals surface area contributed by atoms with Crippen molar-refractivity contribution < 1.29 is 4.74 Å². The van der Waals surface area contributed by atoms with Crippen molar-refractivity contribution in [2.24, 2.45) is 11.7 Å². The van der Waals surface area contributed by atoms with Gasteiger partial charge in [-0.2, -0.15) is 0 Å². The van der Waals surface area contributed by atoms with Gasteiger partial charge in [-0.15, -0.1) is 0 Å². The van der Waals surface area contributed by atoms with Crippen LogP contribution in [0.4, 0.5) is 5.82 Å². The summed E-state index contributed by atoms with van der Waals surface area (Å²) in [7, 11) is 0. The van der Waals surface area contributed by atoms with E-state index in [0.29, 0.717) is 18.4 Å². The van der Waals surface area contributed by atoms with Crippen LogP contribution >= 0.6 is 0 Å². The first kappa shape index (κ1) is 14.1. The minimum atomic E-state index is 0.529. The quantitative estimate of drug-likeness (QED) is 0.933. The molecule has 2 heterocycles. The van der Waals surface area contributed by atoms with E-state index in [1.54, 1.807) is 0 Å². The fourth-order valence-corrected chi connectivity index (χ4v) is 2.86. The summed E-state index contributed by atoms with van der Waals surface area (Å²) in [5.41, 5.74) is 7.62. The number of nitrogens with two attached hydrogens (primary N) is 1. The van der Waals surface area contributed by atoms with Crippen LogP contribution in [0.1, 0.15) is 19.8 Å². The van der Waals surface area contributed by atoms with Crippen LogP contribution in [0.15, 0.2) is 24.3 Å².